The van der Waals surface area contributed by atoms with Gasteiger partial charge in [-0.25, -0.2) is 4.39 Å². The van der Waals surface area contributed by atoms with Gasteiger partial charge in [0.25, 0.3) is 5.91 Å². The molecular weight excluding hydrogens is 353 g/mol. The van der Waals surface area contributed by atoms with Crippen molar-refractivity contribution in [2.24, 2.45) is 0 Å². The van der Waals surface area contributed by atoms with Crippen LogP contribution in [0.25, 0.3) is 0 Å². The van der Waals surface area contributed by atoms with Crippen LogP contribution in [0.15, 0.2) is 40.9 Å². The van der Waals surface area contributed by atoms with E-state index < -0.39 is 11.7 Å². The van der Waals surface area contributed by atoms with E-state index in [0.29, 0.717) is 34.7 Å². The van der Waals surface area contributed by atoms with E-state index in [9.17, 15) is 9.18 Å². The van der Waals surface area contributed by atoms with Crippen molar-refractivity contribution in [2.45, 2.75) is 6.42 Å². The van der Waals surface area contributed by atoms with Crippen molar-refractivity contribution < 1.29 is 18.7 Å². The molecule has 0 radical (unpaired) electrons. The van der Waals surface area contributed by atoms with Crippen molar-refractivity contribution in [3.8, 4) is 11.5 Å². The molecule has 0 aliphatic carbocycles. The Hall–Kier alpha value is -2.08. The van der Waals surface area contributed by atoms with Gasteiger partial charge in [-0.15, -0.1) is 0 Å². The first kappa shape index (κ1) is 14.8. The van der Waals surface area contributed by atoms with Gasteiger partial charge in [-0.3, -0.25) is 4.79 Å². The zero-order valence-electron chi connectivity index (χ0n) is 11.6. The van der Waals surface area contributed by atoms with E-state index in [1.807, 2.05) is 0 Å². The third-order valence-corrected chi connectivity index (χ3v) is 3.68. The quantitative estimate of drug-likeness (QED) is 0.874. The topological polar surface area (TPSA) is 47.6 Å². The molecule has 1 aliphatic rings. The van der Waals surface area contributed by atoms with Gasteiger partial charge in [0.05, 0.1) is 18.9 Å². The van der Waals surface area contributed by atoms with Crippen molar-refractivity contribution in [1.82, 2.24) is 0 Å². The highest BCUT2D eigenvalue weighted by molar-refractivity contribution is 9.10. The minimum Gasteiger partial charge on any atom is -0.490 e. The van der Waals surface area contributed by atoms with Crippen LogP contribution in [0.2, 0.25) is 0 Å². The smallest absolute Gasteiger partial charge is 0.255 e. The van der Waals surface area contributed by atoms with E-state index in [1.54, 1.807) is 24.3 Å². The van der Waals surface area contributed by atoms with Crippen molar-refractivity contribution in [1.29, 1.82) is 0 Å². The predicted octanol–water partition coefficient (Wildman–Crippen LogP) is 4.00. The molecule has 1 amide bonds. The van der Waals surface area contributed by atoms with E-state index in [1.165, 1.54) is 12.1 Å². The summed E-state index contributed by atoms with van der Waals surface area (Å²) in [5.41, 5.74) is 0.506. The Bertz CT molecular complexity index is 721. The summed E-state index contributed by atoms with van der Waals surface area (Å²) in [4.78, 5) is 12.2. The van der Waals surface area contributed by atoms with Crippen LogP contribution in [0.3, 0.4) is 0 Å². The fourth-order valence-corrected chi connectivity index (χ4v) is 2.42. The molecule has 0 atom stereocenters. The van der Waals surface area contributed by atoms with Crippen LogP contribution >= 0.6 is 15.9 Å². The Morgan fingerprint density at radius 2 is 1.86 bits per heavy atom. The highest BCUT2D eigenvalue weighted by atomic mass is 79.9. The van der Waals surface area contributed by atoms with Gasteiger partial charge in [0.1, 0.15) is 5.82 Å². The fourth-order valence-electron chi connectivity index (χ4n) is 2.09. The largest absolute Gasteiger partial charge is 0.490 e. The predicted molar refractivity (Wildman–Crippen MR) is 84.1 cm³/mol. The van der Waals surface area contributed by atoms with E-state index in [2.05, 4.69) is 21.2 Å². The Labute approximate surface area is 135 Å². The summed E-state index contributed by atoms with van der Waals surface area (Å²) in [7, 11) is 0. The van der Waals surface area contributed by atoms with Gasteiger partial charge in [0, 0.05) is 16.5 Å². The molecule has 0 aromatic heterocycles. The number of fused-ring (bicyclic) bond motifs is 1. The Morgan fingerprint density at radius 3 is 2.64 bits per heavy atom. The van der Waals surface area contributed by atoms with Crippen molar-refractivity contribution in [3.05, 3.63) is 52.3 Å². The van der Waals surface area contributed by atoms with Gasteiger partial charge in [-0.1, -0.05) is 15.9 Å². The molecule has 22 heavy (non-hydrogen) atoms. The molecule has 114 valence electrons. The minimum atomic E-state index is -0.503. The van der Waals surface area contributed by atoms with Gasteiger partial charge in [-0.2, -0.15) is 0 Å². The molecule has 0 fully saturated rings. The molecule has 4 nitrogen and oxygen atoms in total. The molecular formula is C16H13BrFNO3. The standard InChI is InChI=1S/C16H13BrFNO3/c17-11-3-4-13(12(18)9-11)19-16(20)10-2-5-14-15(8-10)22-7-1-6-21-14/h2-5,8-9H,1,6-7H2,(H,19,20). The summed E-state index contributed by atoms with van der Waals surface area (Å²) in [5, 5.41) is 2.54. The molecule has 2 aromatic carbocycles. The Kier molecular flexibility index (Phi) is 4.29. The van der Waals surface area contributed by atoms with Crippen LogP contribution in [0.1, 0.15) is 16.8 Å². The summed E-state index contributed by atoms with van der Waals surface area (Å²) in [6.45, 7) is 1.13. The highest BCUT2D eigenvalue weighted by Gasteiger charge is 2.15. The Balaban J connectivity index is 1.81. The van der Waals surface area contributed by atoms with Gasteiger partial charge in [0.2, 0.25) is 0 Å². The number of hydrogen-bond acceptors (Lipinski definition) is 3. The van der Waals surface area contributed by atoms with E-state index in [-0.39, 0.29) is 5.69 Å². The van der Waals surface area contributed by atoms with Gasteiger partial charge < -0.3 is 14.8 Å². The summed E-state index contributed by atoms with van der Waals surface area (Å²) < 4.78 is 25.4. The molecule has 0 saturated heterocycles. The third-order valence-electron chi connectivity index (χ3n) is 3.19. The highest BCUT2D eigenvalue weighted by Crippen LogP contribution is 2.30. The molecule has 0 bridgehead atoms. The van der Waals surface area contributed by atoms with Crippen molar-refractivity contribution in [2.75, 3.05) is 18.5 Å². The molecule has 0 saturated carbocycles. The first-order chi connectivity index (χ1) is 10.6. The lowest BCUT2D eigenvalue weighted by Gasteiger charge is -2.10. The number of amides is 1. The number of rotatable bonds is 2. The average molecular weight is 366 g/mol. The average Bonchev–Trinajstić information content (AvgIpc) is 2.74. The summed E-state index contributed by atoms with van der Waals surface area (Å²) in [6.07, 6.45) is 0.792. The molecule has 2 aromatic rings. The number of halogens is 2. The molecule has 0 unspecified atom stereocenters. The lowest BCUT2D eigenvalue weighted by Crippen LogP contribution is -2.13. The van der Waals surface area contributed by atoms with Gasteiger partial charge >= 0.3 is 0 Å². The van der Waals surface area contributed by atoms with Crippen LogP contribution < -0.4 is 14.8 Å². The maximum atomic E-state index is 13.8. The number of hydrogen-bond donors (Lipinski definition) is 1. The summed E-state index contributed by atoms with van der Waals surface area (Å²) in [5.74, 6) is 0.235. The molecule has 6 heteroatoms. The number of carbonyl (C=O) groups excluding carboxylic acids is 1. The second-order valence-electron chi connectivity index (χ2n) is 4.79. The van der Waals surface area contributed by atoms with Gasteiger partial charge in [0.15, 0.2) is 11.5 Å². The number of benzene rings is 2. The zero-order chi connectivity index (χ0) is 15.5. The van der Waals surface area contributed by atoms with Crippen LogP contribution in [0.5, 0.6) is 11.5 Å². The molecule has 1 heterocycles. The molecule has 0 spiro atoms. The monoisotopic (exact) mass is 365 g/mol. The van der Waals surface area contributed by atoms with Crippen LogP contribution in [0.4, 0.5) is 10.1 Å². The molecule has 1 N–H and O–H groups in total. The van der Waals surface area contributed by atoms with E-state index in [0.717, 1.165) is 6.42 Å². The van der Waals surface area contributed by atoms with E-state index >= 15 is 0 Å². The minimum absolute atomic E-state index is 0.125. The van der Waals surface area contributed by atoms with Crippen molar-refractivity contribution >= 4 is 27.5 Å². The van der Waals surface area contributed by atoms with E-state index in [4.69, 9.17) is 9.47 Å². The number of ether oxygens (including phenoxy) is 2. The lowest BCUT2D eigenvalue weighted by molar-refractivity contribution is 0.102. The maximum Gasteiger partial charge on any atom is 0.255 e. The fraction of sp³-hybridized carbons (Fsp3) is 0.188. The number of nitrogens with one attached hydrogen (secondary N) is 1. The third kappa shape index (κ3) is 3.22. The summed E-state index contributed by atoms with van der Waals surface area (Å²) >= 11 is 3.17. The Morgan fingerprint density at radius 1 is 1.09 bits per heavy atom. The lowest BCUT2D eigenvalue weighted by atomic mass is 10.2. The van der Waals surface area contributed by atoms with Crippen molar-refractivity contribution in [3.63, 3.8) is 0 Å². The number of carbonyl (C=O) groups is 1. The van der Waals surface area contributed by atoms with Crippen LogP contribution in [0, 0.1) is 5.82 Å². The first-order valence-electron chi connectivity index (χ1n) is 6.79. The summed E-state index contributed by atoms with van der Waals surface area (Å²) in [6, 6.07) is 9.37. The van der Waals surface area contributed by atoms with Gasteiger partial charge in [-0.05, 0) is 36.4 Å². The normalized spacial score (nSPS) is 13.4. The molecule has 1 aliphatic heterocycles. The van der Waals surface area contributed by atoms with Crippen LogP contribution in [-0.4, -0.2) is 19.1 Å². The second-order valence-corrected chi connectivity index (χ2v) is 5.71. The van der Waals surface area contributed by atoms with Crippen LogP contribution in [-0.2, 0) is 0 Å². The first-order valence-corrected chi connectivity index (χ1v) is 7.59. The maximum absolute atomic E-state index is 13.8. The number of anilines is 1. The molecule has 3 rings (SSSR count). The zero-order valence-corrected chi connectivity index (χ0v) is 13.2. The SMILES string of the molecule is O=C(Nc1ccc(Br)cc1F)c1ccc2c(c1)OCCCO2. The second kappa shape index (κ2) is 6.36.